The van der Waals surface area contributed by atoms with Crippen LogP contribution in [0.5, 0.6) is 0 Å². The van der Waals surface area contributed by atoms with Gasteiger partial charge < -0.3 is 26.6 Å². The van der Waals surface area contributed by atoms with Crippen LogP contribution in [0.4, 0.5) is 0 Å². The van der Waals surface area contributed by atoms with Gasteiger partial charge in [0.1, 0.15) is 0 Å². The van der Waals surface area contributed by atoms with Gasteiger partial charge in [-0.05, 0) is 75.9 Å². The number of aryl methyl sites for hydroxylation is 1. The number of unbranched alkanes of at least 4 members (excludes halogenated alkanes) is 1. The largest absolute Gasteiger partial charge is 0.355 e. The third kappa shape index (κ3) is 5.25. The highest BCUT2D eigenvalue weighted by atomic mass is 16.2. The van der Waals surface area contributed by atoms with E-state index in [0.29, 0.717) is 24.1 Å². The molecule has 1 aliphatic heterocycles. The first-order valence-electron chi connectivity index (χ1n) is 11.2. The van der Waals surface area contributed by atoms with E-state index >= 15 is 0 Å². The molecule has 8 heteroatoms. The first kappa shape index (κ1) is 23.2. The van der Waals surface area contributed by atoms with Gasteiger partial charge in [-0.1, -0.05) is 6.42 Å². The minimum absolute atomic E-state index is 0.00920. The summed E-state index contributed by atoms with van der Waals surface area (Å²) in [6.45, 7) is 3.41. The van der Waals surface area contributed by atoms with E-state index < -0.39 is 6.04 Å². The molecule has 1 aromatic carbocycles. The van der Waals surface area contributed by atoms with Crippen molar-refractivity contribution < 1.29 is 14.4 Å². The maximum Gasteiger partial charge on any atom is 0.254 e. The highest BCUT2D eigenvalue weighted by Gasteiger charge is 2.47. The fourth-order valence-electron chi connectivity index (χ4n) is 4.82. The summed E-state index contributed by atoms with van der Waals surface area (Å²) in [5.74, 6) is 0.0153. The summed E-state index contributed by atoms with van der Waals surface area (Å²) in [4.78, 5) is 39.3. The maximum atomic E-state index is 13.1. The summed E-state index contributed by atoms with van der Waals surface area (Å²) >= 11 is 0. The lowest BCUT2D eigenvalue weighted by Gasteiger charge is -2.32. The second-order valence-electron chi connectivity index (χ2n) is 8.77. The average Bonchev–Trinajstić information content (AvgIpc) is 3.36. The molecule has 1 saturated carbocycles. The predicted octanol–water partition coefficient (Wildman–Crippen LogP) is 0.791. The summed E-state index contributed by atoms with van der Waals surface area (Å²) in [6.07, 6.45) is 4.29. The molecule has 170 valence electrons. The summed E-state index contributed by atoms with van der Waals surface area (Å²) in [5.41, 5.74) is 8.02. The van der Waals surface area contributed by atoms with Crippen LogP contribution in [0.3, 0.4) is 0 Å². The van der Waals surface area contributed by atoms with Crippen LogP contribution in [0.15, 0.2) is 18.2 Å². The molecule has 1 aliphatic carbocycles. The normalized spacial score (nSPS) is 23.0. The lowest BCUT2D eigenvalue weighted by molar-refractivity contribution is -0.123. The first-order valence-corrected chi connectivity index (χ1v) is 11.2. The molecule has 5 N–H and O–H groups in total. The molecule has 1 saturated heterocycles. The van der Waals surface area contributed by atoms with Gasteiger partial charge in [-0.15, -0.1) is 0 Å². The van der Waals surface area contributed by atoms with E-state index in [1.54, 1.807) is 25.2 Å². The Bertz CT molecular complexity index is 827. The van der Waals surface area contributed by atoms with Gasteiger partial charge in [0, 0.05) is 36.8 Å². The van der Waals surface area contributed by atoms with Gasteiger partial charge in [0.2, 0.25) is 5.91 Å². The number of piperidine rings is 1. The van der Waals surface area contributed by atoms with Crippen molar-refractivity contribution in [1.82, 2.24) is 20.9 Å². The Morgan fingerprint density at radius 2 is 1.97 bits per heavy atom. The van der Waals surface area contributed by atoms with Gasteiger partial charge >= 0.3 is 0 Å². The minimum atomic E-state index is -0.476. The van der Waals surface area contributed by atoms with E-state index in [0.717, 1.165) is 37.8 Å². The smallest absolute Gasteiger partial charge is 0.254 e. The number of benzene rings is 1. The first-order chi connectivity index (χ1) is 14.8. The highest BCUT2D eigenvalue weighted by molar-refractivity contribution is 5.99. The second-order valence-corrected chi connectivity index (χ2v) is 8.77. The Balaban J connectivity index is 1.53. The van der Waals surface area contributed by atoms with Crippen LogP contribution >= 0.6 is 0 Å². The molecule has 2 fully saturated rings. The van der Waals surface area contributed by atoms with E-state index in [1.807, 2.05) is 18.9 Å². The van der Waals surface area contributed by atoms with Crippen LogP contribution in [0.1, 0.15) is 58.4 Å². The van der Waals surface area contributed by atoms with Gasteiger partial charge in [0.25, 0.3) is 11.8 Å². The van der Waals surface area contributed by atoms with Crippen molar-refractivity contribution in [3.8, 4) is 0 Å². The zero-order valence-corrected chi connectivity index (χ0v) is 18.7. The van der Waals surface area contributed by atoms with Gasteiger partial charge in [-0.2, -0.15) is 0 Å². The van der Waals surface area contributed by atoms with Gasteiger partial charge in [-0.3, -0.25) is 14.4 Å². The molecule has 1 aromatic rings. The van der Waals surface area contributed by atoms with E-state index in [9.17, 15) is 14.4 Å². The molecule has 31 heavy (non-hydrogen) atoms. The van der Waals surface area contributed by atoms with Crippen LogP contribution in [-0.2, 0) is 4.79 Å². The molecule has 2 aliphatic rings. The van der Waals surface area contributed by atoms with Gasteiger partial charge in [0.05, 0.1) is 6.04 Å². The van der Waals surface area contributed by atoms with Crippen molar-refractivity contribution in [3.63, 3.8) is 0 Å². The zero-order chi connectivity index (χ0) is 22.5. The number of hydrogen-bond acceptors (Lipinski definition) is 5. The number of nitrogens with one attached hydrogen (secondary N) is 3. The number of hydrogen-bond donors (Lipinski definition) is 4. The molecule has 0 spiro atoms. The number of likely N-dealkylation sites (tertiary alicyclic amines) is 1. The van der Waals surface area contributed by atoms with Crippen molar-refractivity contribution in [2.24, 2.45) is 11.7 Å². The van der Waals surface area contributed by atoms with Crippen molar-refractivity contribution in [2.45, 2.75) is 57.2 Å². The van der Waals surface area contributed by atoms with E-state index in [-0.39, 0.29) is 35.7 Å². The van der Waals surface area contributed by atoms with Crippen LogP contribution < -0.4 is 21.7 Å². The monoisotopic (exact) mass is 429 g/mol. The number of fused-ring (bicyclic) bond motifs is 2. The molecule has 8 nitrogen and oxygen atoms in total. The summed E-state index contributed by atoms with van der Waals surface area (Å²) < 4.78 is 0. The number of carbonyl (C=O) groups excluding carboxylic acids is 3. The van der Waals surface area contributed by atoms with Gasteiger partial charge in [0.15, 0.2) is 0 Å². The summed E-state index contributed by atoms with van der Waals surface area (Å²) in [5, 5.41) is 8.83. The molecule has 3 amide bonds. The van der Waals surface area contributed by atoms with Gasteiger partial charge in [-0.25, -0.2) is 0 Å². The topological polar surface area (TPSA) is 117 Å². The number of nitrogens with two attached hydrogens (primary N) is 1. The molecule has 3 rings (SSSR count). The Morgan fingerprint density at radius 1 is 1.19 bits per heavy atom. The second kappa shape index (κ2) is 10.2. The Kier molecular flexibility index (Phi) is 7.67. The standard InChI is InChI=1S/C23H35N5O3/c1-14-10-15(7-8-18(14)21(29)26-3)23(31)28-13-16-11-17(28)12-20(16)27-22(30)19(24)6-4-5-9-25-2/h7-8,10,16-17,19-20,25H,4-6,9,11-13,24H2,1-3H3,(H,26,29)(H,27,30)/t16?,17?,19-,20?/m0/s1. The Hall–Kier alpha value is -2.45. The molecule has 4 atom stereocenters. The Morgan fingerprint density at radius 3 is 2.58 bits per heavy atom. The Labute approximate surface area is 184 Å². The fraction of sp³-hybridized carbons (Fsp3) is 0.609. The third-order valence-corrected chi connectivity index (χ3v) is 6.60. The maximum absolute atomic E-state index is 13.1. The molecule has 3 unspecified atom stereocenters. The lowest BCUT2D eigenvalue weighted by Crippen LogP contribution is -2.51. The average molecular weight is 430 g/mol. The molecule has 1 heterocycles. The quantitative estimate of drug-likeness (QED) is 0.433. The number of rotatable bonds is 9. The molecular formula is C23H35N5O3. The van der Waals surface area contributed by atoms with Crippen LogP contribution in [0, 0.1) is 12.8 Å². The number of amides is 3. The van der Waals surface area contributed by atoms with E-state index in [1.165, 1.54) is 0 Å². The van der Waals surface area contributed by atoms with Crippen molar-refractivity contribution in [2.75, 3.05) is 27.2 Å². The minimum Gasteiger partial charge on any atom is -0.355 e. The zero-order valence-electron chi connectivity index (χ0n) is 18.7. The van der Waals surface area contributed by atoms with E-state index in [2.05, 4.69) is 16.0 Å². The highest BCUT2D eigenvalue weighted by Crippen LogP contribution is 2.38. The number of nitrogens with zero attached hydrogens (tertiary/aromatic N) is 1. The SMILES string of the molecule is CNCCCC[C@H](N)C(=O)NC1CC2CC1CN2C(=O)c1ccc(C(=O)NC)c(C)c1. The summed E-state index contributed by atoms with van der Waals surface area (Å²) in [6, 6.07) is 4.95. The van der Waals surface area contributed by atoms with Crippen LogP contribution in [0.2, 0.25) is 0 Å². The van der Waals surface area contributed by atoms with Crippen LogP contribution in [-0.4, -0.2) is 67.9 Å². The van der Waals surface area contributed by atoms with E-state index in [4.69, 9.17) is 5.73 Å². The number of carbonyl (C=O) groups is 3. The molecular weight excluding hydrogens is 394 g/mol. The van der Waals surface area contributed by atoms with Crippen molar-refractivity contribution in [3.05, 3.63) is 34.9 Å². The molecule has 2 bridgehead atoms. The molecule has 0 aromatic heterocycles. The van der Waals surface area contributed by atoms with Crippen molar-refractivity contribution >= 4 is 17.7 Å². The summed E-state index contributed by atoms with van der Waals surface area (Å²) in [7, 11) is 3.50. The predicted molar refractivity (Wildman–Crippen MR) is 120 cm³/mol. The van der Waals surface area contributed by atoms with Crippen LogP contribution in [0.25, 0.3) is 0 Å². The molecule has 0 radical (unpaired) electrons. The lowest BCUT2D eigenvalue weighted by atomic mass is 10.00. The van der Waals surface area contributed by atoms with Crippen molar-refractivity contribution in [1.29, 1.82) is 0 Å². The third-order valence-electron chi connectivity index (χ3n) is 6.60. The fourth-order valence-corrected chi connectivity index (χ4v) is 4.82.